The molecule has 0 spiro atoms. The van der Waals surface area contributed by atoms with Crippen LogP contribution < -0.4 is 20.8 Å². The van der Waals surface area contributed by atoms with Gasteiger partial charge in [0, 0.05) is 24.3 Å². The number of benzene rings is 2. The van der Waals surface area contributed by atoms with Crippen LogP contribution in [-0.4, -0.2) is 57.1 Å². The van der Waals surface area contributed by atoms with E-state index in [9.17, 15) is 4.79 Å². The summed E-state index contributed by atoms with van der Waals surface area (Å²) in [6, 6.07) is 15.1. The molecule has 3 N–H and O–H groups in total. The Labute approximate surface area is 207 Å². The highest BCUT2D eigenvalue weighted by molar-refractivity contribution is 5.99. The van der Waals surface area contributed by atoms with Gasteiger partial charge in [-0.05, 0) is 60.9 Å². The Kier molecular flexibility index (Phi) is 7.54. The first-order chi connectivity index (χ1) is 17.5. The summed E-state index contributed by atoms with van der Waals surface area (Å²) in [4.78, 5) is 15.3. The molecule has 2 heterocycles. The van der Waals surface area contributed by atoms with Gasteiger partial charge in [-0.2, -0.15) is 9.78 Å². The second-order valence-electron chi connectivity index (χ2n) is 7.60. The van der Waals surface area contributed by atoms with Crippen molar-refractivity contribution in [1.82, 2.24) is 30.7 Å². The lowest BCUT2D eigenvalue weighted by molar-refractivity contribution is 0.0950. The Morgan fingerprint density at radius 3 is 2.61 bits per heavy atom. The Bertz CT molecular complexity index is 1340. The van der Waals surface area contributed by atoms with E-state index in [0.717, 1.165) is 24.3 Å². The number of hydrogen-bond donors (Lipinski definition) is 2. The number of carbonyl (C=O) groups is 1. The summed E-state index contributed by atoms with van der Waals surface area (Å²) in [7, 11) is 0. The first-order valence-corrected chi connectivity index (χ1v) is 11.5. The maximum absolute atomic E-state index is 13.1. The minimum absolute atomic E-state index is 0.000232. The van der Waals surface area contributed by atoms with Gasteiger partial charge in [-0.3, -0.25) is 4.79 Å². The molecule has 0 bridgehead atoms. The van der Waals surface area contributed by atoms with Gasteiger partial charge in [0.15, 0.2) is 5.69 Å². The molecule has 0 aliphatic rings. The zero-order valence-electron chi connectivity index (χ0n) is 20.3. The number of rotatable bonds is 10. The molecule has 0 aliphatic carbocycles. The molecule has 0 radical (unpaired) electrons. The minimum Gasteiger partial charge on any atom is -0.494 e. The SMILES string of the molecule is CCOc1cccc(-c2c(C(=O)NN=Cc3ccc(N(CC)CC)cc3)nnn2-c2nonc2N)c1. The van der Waals surface area contributed by atoms with Crippen LogP contribution in [-0.2, 0) is 0 Å². The number of hydrazone groups is 1. The fraction of sp³-hybridized carbons (Fsp3) is 0.250. The summed E-state index contributed by atoms with van der Waals surface area (Å²) in [5.74, 6) is 0.158. The number of carbonyl (C=O) groups excluding carboxylic acids is 1. The molecule has 4 aromatic rings. The molecule has 2 aromatic carbocycles. The molecule has 0 fully saturated rings. The highest BCUT2D eigenvalue weighted by Gasteiger charge is 2.25. The topological polar surface area (TPSA) is 150 Å². The summed E-state index contributed by atoms with van der Waals surface area (Å²) >= 11 is 0. The van der Waals surface area contributed by atoms with E-state index in [1.165, 1.54) is 4.68 Å². The Morgan fingerprint density at radius 1 is 1.17 bits per heavy atom. The molecule has 186 valence electrons. The van der Waals surface area contributed by atoms with Gasteiger partial charge in [0.25, 0.3) is 5.91 Å². The van der Waals surface area contributed by atoms with E-state index in [0.29, 0.717) is 23.6 Å². The summed E-state index contributed by atoms with van der Waals surface area (Å²) in [5, 5.41) is 19.6. The van der Waals surface area contributed by atoms with Gasteiger partial charge in [0.1, 0.15) is 11.4 Å². The smallest absolute Gasteiger partial charge is 0.294 e. The van der Waals surface area contributed by atoms with Crippen molar-refractivity contribution >= 4 is 23.6 Å². The van der Waals surface area contributed by atoms with E-state index in [2.05, 4.69) is 49.9 Å². The number of hydrogen-bond acceptors (Lipinski definition) is 10. The number of aromatic nitrogens is 5. The van der Waals surface area contributed by atoms with Crippen molar-refractivity contribution in [3.8, 4) is 22.8 Å². The van der Waals surface area contributed by atoms with Gasteiger partial charge < -0.3 is 15.4 Å². The lowest BCUT2D eigenvalue weighted by Crippen LogP contribution is -2.21. The van der Waals surface area contributed by atoms with Crippen LogP contribution in [0, 0.1) is 0 Å². The second-order valence-corrected chi connectivity index (χ2v) is 7.60. The van der Waals surface area contributed by atoms with Crippen molar-refractivity contribution in [2.24, 2.45) is 5.10 Å². The summed E-state index contributed by atoms with van der Waals surface area (Å²) < 4.78 is 11.6. The number of ether oxygens (including phenoxy) is 1. The van der Waals surface area contributed by atoms with Crippen LogP contribution in [0.3, 0.4) is 0 Å². The summed E-state index contributed by atoms with van der Waals surface area (Å²) in [5.41, 5.74) is 11.3. The monoisotopic (exact) mass is 489 g/mol. The van der Waals surface area contributed by atoms with E-state index in [1.807, 2.05) is 37.3 Å². The second kappa shape index (κ2) is 11.1. The first kappa shape index (κ1) is 24.4. The molecule has 12 nitrogen and oxygen atoms in total. The van der Waals surface area contributed by atoms with E-state index in [4.69, 9.17) is 15.1 Å². The number of anilines is 2. The third-order valence-electron chi connectivity index (χ3n) is 5.40. The Balaban J connectivity index is 1.60. The molecular formula is C24H27N9O3. The van der Waals surface area contributed by atoms with Gasteiger partial charge in [-0.25, -0.2) is 10.1 Å². The van der Waals surface area contributed by atoms with Gasteiger partial charge in [0.05, 0.1) is 12.8 Å². The first-order valence-electron chi connectivity index (χ1n) is 11.5. The molecule has 12 heteroatoms. The molecule has 36 heavy (non-hydrogen) atoms. The third-order valence-corrected chi connectivity index (χ3v) is 5.40. The minimum atomic E-state index is -0.566. The fourth-order valence-corrected chi connectivity index (χ4v) is 3.66. The van der Waals surface area contributed by atoms with Crippen molar-refractivity contribution < 1.29 is 14.2 Å². The maximum atomic E-state index is 13.1. The average molecular weight is 490 g/mol. The van der Waals surface area contributed by atoms with Gasteiger partial charge in [-0.15, -0.1) is 5.10 Å². The number of nitrogens with two attached hydrogens (primary N) is 1. The zero-order valence-corrected chi connectivity index (χ0v) is 20.3. The molecule has 0 saturated heterocycles. The normalized spacial score (nSPS) is 11.1. The van der Waals surface area contributed by atoms with Crippen LogP contribution in [0.1, 0.15) is 36.8 Å². The van der Waals surface area contributed by atoms with E-state index < -0.39 is 5.91 Å². The number of nitrogens with zero attached hydrogens (tertiary/aromatic N) is 7. The third kappa shape index (κ3) is 5.17. The predicted octanol–water partition coefficient (Wildman–Crippen LogP) is 2.91. The van der Waals surface area contributed by atoms with Gasteiger partial charge >= 0.3 is 0 Å². The Morgan fingerprint density at radius 2 is 1.94 bits per heavy atom. The van der Waals surface area contributed by atoms with Crippen molar-refractivity contribution in [3.05, 3.63) is 59.8 Å². The van der Waals surface area contributed by atoms with Crippen LogP contribution in [0.5, 0.6) is 5.75 Å². The van der Waals surface area contributed by atoms with Crippen molar-refractivity contribution in [2.45, 2.75) is 20.8 Å². The zero-order chi connectivity index (χ0) is 25.5. The number of amides is 1. The predicted molar refractivity (Wildman–Crippen MR) is 135 cm³/mol. The summed E-state index contributed by atoms with van der Waals surface area (Å²) in [6.45, 7) is 8.44. The highest BCUT2D eigenvalue weighted by Crippen LogP contribution is 2.29. The molecule has 4 rings (SSSR count). The van der Waals surface area contributed by atoms with E-state index in [-0.39, 0.29) is 17.3 Å². The fourth-order valence-electron chi connectivity index (χ4n) is 3.66. The largest absolute Gasteiger partial charge is 0.494 e. The van der Waals surface area contributed by atoms with Crippen LogP contribution in [0.25, 0.3) is 17.1 Å². The Hall–Kier alpha value is -4.74. The van der Waals surface area contributed by atoms with Crippen molar-refractivity contribution in [1.29, 1.82) is 0 Å². The molecule has 0 aliphatic heterocycles. The quantitative estimate of drug-likeness (QED) is 0.253. The highest BCUT2D eigenvalue weighted by atomic mass is 16.6. The van der Waals surface area contributed by atoms with E-state index >= 15 is 0 Å². The maximum Gasteiger partial charge on any atom is 0.294 e. The van der Waals surface area contributed by atoms with Gasteiger partial charge in [0.2, 0.25) is 11.6 Å². The van der Waals surface area contributed by atoms with E-state index in [1.54, 1.807) is 24.4 Å². The number of nitrogens with one attached hydrogen (secondary N) is 1. The molecular weight excluding hydrogens is 462 g/mol. The molecule has 2 aromatic heterocycles. The molecule has 0 saturated carbocycles. The van der Waals surface area contributed by atoms with Crippen LogP contribution in [0.15, 0.2) is 58.3 Å². The van der Waals surface area contributed by atoms with Crippen molar-refractivity contribution in [3.63, 3.8) is 0 Å². The number of nitrogen functional groups attached to an aromatic ring is 1. The van der Waals surface area contributed by atoms with Crippen LogP contribution in [0.2, 0.25) is 0 Å². The molecule has 0 unspecified atom stereocenters. The van der Waals surface area contributed by atoms with Crippen LogP contribution in [0.4, 0.5) is 11.5 Å². The lowest BCUT2D eigenvalue weighted by atomic mass is 10.1. The lowest BCUT2D eigenvalue weighted by Gasteiger charge is -2.20. The molecule has 0 atom stereocenters. The van der Waals surface area contributed by atoms with Crippen molar-refractivity contribution in [2.75, 3.05) is 30.3 Å². The summed E-state index contributed by atoms with van der Waals surface area (Å²) in [6.07, 6.45) is 1.56. The van der Waals surface area contributed by atoms with Gasteiger partial charge in [-0.1, -0.05) is 29.5 Å². The molecule has 1 amide bonds. The average Bonchev–Trinajstić information content (AvgIpc) is 3.52. The standard InChI is InChI=1S/C24H27N9O3/c1-4-32(5-2)18-12-10-16(11-13-18)15-26-28-24(34)20-21(17-8-7-9-19(14-17)35-6-3)33(31-27-20)23-22(25)29-36-30-23/h7-15H,4-6H2,1-3H3,(H2,25,29)(H,28,34). The van der Waals surface area contributed by atoms with Crippen LogP contribution >= 0.6 is 0 Å².